The van der Waals surface area contributed by atoms with E-state index >= 15 is 0 Å². The van der Waals surface area contributed by atoms with Gasteiger partial charge in [0.1, 0.15) is 5.76 Å². The largest absolute Gasteiger partial charge is 0.422 e. The van der Waals surface area contributed by atoms with Gasteiger partial charge in [0.2, 0.25) is 0 Å². The Morgan fingerprint density at radius 3 is 2.38 bits per heavy atom. The molecule has 21 heavy (non-hydrogen) atoms. The maximum atomic E-state index is 11.9. The third-order valence-corrected chi connectivity index (χ3v) is 3.15. The minimum Gasteiger partial charge on any atom is -0.422 e. The summed E-state index contributed by atoms with van der Waals surface area (Å²) >= 11 is 0. The Kier molecular flexibility index (Phi) is 3.36. The van der Waals surface area contributed by atoms with Crippen molar-refractivity contribution in [3.8, 4) is 6.07 Å². The van der Waals surface area contributed by atoms with Gasteiger partial charge in [0.05, 0.1) is 17.2 Å². The summed E-state index contributed by atoms with van der Waals surface area (Å²) in [5, 5.41) is 8.77. The van der Waals surface area contributed by atoms with Crippen LogP contribution < -0.4 is 0 Å². The molecule has 0 fully saturated rings. The zero-order valence-corrected chi connectivity index (χ0v) is 11.1. The number of ether oxygens (including phenoxy) is 1. The van der Waals surface area contributed by atoms with E-state index in [-0.39, 0.29) is 5.97 Å². The lowest BCUT2D eigenvalue weighted by molar-refractivity contribution is -0.130. The number of hydrogen-bond acceptors (Lipinski definition) is 3. The molecule has 0 aliphatic carbocycles. The number of esters is 1. The lowest BCUT2D eigenvalue weighted by Crippen LogP contribution is -1.97. The Morgan fingerprint density at radius 1 is 1.00 bits per heavy atom. The van der Waals surface area contributed by atoms with Crippen LogP contribution in [0.3, 0.4) is 0 Å². The normalized spacial score (nSPS) is 15.5. The highest BCUT2D eigenvalue weighted by molar-refractivity contribution is 6.05. The molecule has 0 bridgehead atoms. The molecule has 3 nitrogen and oxygen atoms in total. The fourth-order valence-electron chi connectivity index (χ4n) is 2.07. The highest BCUT2D eigenvalue weighted by Gasteiger charge is 2.21. The van der Waals surface area contributed by atoms with Crippen molar-refractivity contribution in [2.45, 2.75) is 0 Å². The average Bonchev–Trinajstić information content (AvgIpc) is 2.90. The van der Waals surface area contributed by atoms with E-state index in [1.807, 2.05) is 30.3 Å². The highest BCUT2D eigenvalue weighted by Crippen LogP contribution is 2.27. The van der Waals surface area contributed by atoms with Crippen LogP contribution in [0.5, 0.6) is 0 Å². The first kappa shape index (κ1) is 12.9. The second-order valence-corrected chi connectivity index (χ2v) is 4.60. The van der Waals surface area contributed by atoms with Crippen LogP contribution in [0.2, 0.25) is 0 Å². The van der Waals surface area contributed by atoms with Gasteiger partial charge in [-0.1, -0.05) is 42.5 Å². The fraction of sp³-hybridized carbons (Fsp3) is 0. The van der Waals surface area contributed by atoms with E-state index in [0.717, 1.165) is 11.1 Å². The molecule has 2 aromatic carbocycles. The third-order valence-electron chi connectivity index (χ3n) is 3.15. The minimum absolute atomic E-state index is 0.363. The first-order valence-corrected chi connectivity index (χ1v) is 6.47. The maximum Gasteiger partial charge on any atom is 0.343 e. The number of benzene rings is 2. The van der Waals surface area contributed by atoms with Gasteiger partial charge in [-0.05, 0) is 29.8 Å². The standard InChI is InChI=1S/C18H11NO2/c19-12-14-8-6-13(7-9-14)10-16-11-17(21-18(16)20)15-4-2-1-3-5-15/h1-11H/b16-10-. The van der Waals surface area contributed by atoms with Crippen LogP contribution in [-0.2, 0) is 9.53 Å². The van der Waals surface area contributed by atoms with E-state index in [0.29, 0.717) is 16.9 Å². The van der Waals surface area contributed by atoms with Crippen LogP contribution in [0.15, 0.2) is 66.2 Å². The van der Waals surface area contributed by atoms with E-state index in [2.05, 4.69) is 6.07 Å². The van der Waals surface area contributed by atoms with Gasteiger partial charge in [-0.3, -0.25) is 0 Å². The quantitative estimate of drug-likeness (QED) is 0.621. The predicted octanol–water partition coefficient (Wildman–Crippen LogP) is 3.54. The van der Waals surface area contributed by atoms with E-state index in [1.54, 1.807) is 36.4 Å². The Morgan fingerprint density at radius 2 is 1.71 bits per heavy atom. The molecular weight excluding hydrogens is 262 g/mol. The van der Waals surface area contributed by atoms with Gasteiger partial charge >= 0.3 is 5.97 Å². The van der Waals surface area contributed by atoms with Gasteiger partial charge in [0.15, 0.2) is 0 Å². The second-order valence-electron chi connectivity index (χ2n) is 4.60. The number of hydrogen-bond donors (Lipinski definition) is 0. The number of nitriles is 1. The summed E-state index contributed by atoms with van der Waals surface area (Å²) in [7, 11) is 0. The second kappa shape index (κ2) is 5.48. The van der Waals surface area contributed by atoms with Gasteiger partial charge in [0, 0.05) is 5.56 Å². The fourth-order valence-corrected chi connectivity index (χ4v) is 2.07. The van der Waals surface area contributed by atoms with Crippen molar-refractivity contribution < 1.29 is 9.53 Å². The molecule has 0 N–H and O–H groups in total. The van der Waals surface area contributed by atoms with Crippen molar-refractivity contribution in [1.29, 1.82) is 5.26 Å². The molecule has 0 saturated heterocycles. The highest BCUT2D eigenvalue weighted by atomic mass is 16.5. The molecule has 3 heteroatoms. The van der Waals surface area contributed by atoms with Crippen LogP contribution in [0.1, 0.15) is 16.7 Å². The molecule has 100 valence electrons. The first-order valence-electron chi connectivity index (χ1n) is 6.47. The smallest absolute Gasteiger partial charge is 0.343 e. The molecule has 0 radical (unpaired) electrons. The summed E-state index contributed by atoms with van der Waals surface area (Å²) in [4.78, 5) is 11.9. The molecule has 1 aliphatic rings. The molecular formula is C18H11NO2. The summed E-state index contributed by atoms with van der Waals surface area (Å²) in [6, 6.07) is 18.6. The van der Waals surface area contributed by atoms with Crippen LogP contribution in [-0.4, -0.2) is 5.97 Å². The number of rotatable bonds is 2. The Bertz CT molecular complexity index is 778. The molecule has 1 aliphatic heterocycles. The topological polar surface area (TPSA) is 50.1 Å². The number of carbonyl (C=O) groups excluding carboxylic acids is 1. The molecule has 3 rings (SSSR count). The van der Waals surface area contributed by atoms with Gasteiger partial charge in [-0.25, -0.2) is 4.79 Å². The van der Waals surface area contributed by atoms with Crippen LogP contribution >= 0.6 is 0 Å². The molecule has 2 aromatic rings. The van der Waals surface area contributed by atoms with E-state index in [1.165, 1.54) is 0 Å². The lowest BCUT2D eigenvalue weighted by Gasteiger charge is -2.00. The van der Waals surface area contributed by atoms with Crippen molar-refractivity contribution in [3.05, 3.63) is 82.9 Å². The SMILES string of the molecule is N#Cc1ccc(/C=C2/C=C(c3ccccc3)OC2=O)cc1. The van der Waals surface area contributed by atoms with E-state index < -0.39 is 0 Å². The number of cyclic esters (lactones) is 1. The molecule has 0 amide bonds. The Balaban J connectivity index is 1.91. The summed E-state index contributed by atoms with van der Waals surface area (Å²) in [5.41, 5.74) is 2.81. The summed E-state index contributed by atoms with van der Waals surface area (Å²) in [6.07, 6.45) is 3.48. The molecule has 0 spiro atoms. The van der Waals surface area contributed by atoms with Crippen molar-refractivity contribution in [2.24, 2.45) is 0 Å². The molecule has 0 aromatic heterocycles. The zero-order chi connectivity index (χ0) is 14.7. The number of nitrogens with zero attached hydrogens (tertiary/aromatic N) is 1. The van der Waals surface area contributed by atoms with Crippen LogP contribution in [0.4, 0.5) is 0 Å². The van der Waals surface area contributed by atoms with Gasteiger partial charge < -0.3 is 4.74 Å². The molecule has 1 heterocycles. The van der Waals surface area contributed by atoms with Gasteiger partial charge in [-0.15, -0.1) is 0 Å². The summed E-state index contributed by atoms with van der Waals surface area (Å²) in [5.74, 6) is 0.193. The monoisotopic (exact) mass is 273 g/mol. The van der Waals surface area contributed by atoms with Crippen LogP contribution in [0, 0.1) is 11.3 Å². The van der Waals surface area contributed by atoms with Crippen molar-refractivity contribution >= 4 is 17.8 Å². The maximum absolute atomic E-state index is 11.9. The van der Waals surface area contributed by atoms with Crippen molar-refractivity contribution in [1.82, 2.24) is 0 Å². The van der Waals surface area contributed by atoms with Crippen molar-refractivity contribution in [3.63, 3.8) is 0 Å². The van der Waals surface area contributed by atoms with E-state index in [4.69, 9.17) is 10.00 Å². The molecule has 0 unspecified atom stereocenters. The van der Waals surface area contributed by atoms with Crippen LogP contribution in [0.25, 0.3) is 11.8 Å². The zero-order valence-electron chi connectivity index (χ0n) is 11.1. The molecule has 0 saturated carbocycles. The predicted molar refractivity (Wildman–Crippen MR) is 79.6 cm³/mol. The summed E-state index contributed by atoms with van der Waals surface area (Å²) in [6.45, 7) is 0. The third kappa shape index (κ3) is 2.75. The Hall–Kier alpha value is -3.12. The minimum atomic E-state index is -0.363. The first-order chi connectivity index (χ1) is 10.3. The Labute approximate surface area is 122 Å². The number of carbonyl (C=O) groups is 1. The summed E-state index contributed by atoms with van der Waals surface area (Å²) < 4.78 is 5.28. The molecule has 0 atom stereocenters. The van der Waals surface area contributed by atoms with Crippen molar-refractivity contribution in [2.75, 3.05) is 0 Å². The van der Waals surface area contributed by atoms with Gasteiger partial charge in [0.25, 0.3) is 0 Å². The van der Waals surface area contributed by atoms with Gasteiger partial charge in [-0.2, -0.15) is 5.26 Å². The lowest BCUT2D eigenvalue weighted by atomic mass is 10.1. The van der Waals surface area contributed by atoms with E-state index in [9.17, 15) is 4.79 Å². The average molecular weight is 273 g/mol.